The van der Waals surface area contributed by atoms with Crippen molar-refractivity contribution in [3.8, 4) is 5.75 Å². The summed E-state index contributed by atoms with van der Waals surface area (Å²) >= 11 is 6.32. The predicted molar refractivity (Wildman–Crippen MR) is 133 cm³/mol. The number of hydrogen-bond donors (Lipinski definition) is 1. The molecule has 9 heteroatoms. The fourth-order valence-corrected chi connectivity index (χ4v) is 4.73. The molecular formula is C28H25ClF3NO4. The Bertz CT molecular complexity index is 1330. The molecule has 0 saturated carbocycles. The Hall–Kier alpha value is -3.52. The molecule has 3 aromatic rings. The van der Waals surface area contributed by atoms with Crippen LogP contribution in [0, 0.1) is 0 Å². The third-order valence-corrected chi connectivity index (χ3v) is 6.63. The van der Waals surface area contributed by atoms with Crippen molar-refractivity contribution < 1.29 is 32.6 Å². The maximum Gasteiger partial charge on any atom is 0.416 e. The summed E-state index contributed by atoms with van der Waals surface area (Å²) in [5, 5.41) is 9.79. The summed E-state index contributed by atoms with van der Waals surface area (Å²) in [5.41, 5.74) is 0.917. The van der Waals surface area contributed by atoms with E-state index < -0.39 is 29.2 Å². The second-order valence-corrected chi connectivity index (χ2v) is 9.80. The number of carboxylic acid groups (broad SMARTS) is 1. The molecule has 5 nitrogen and oxygen atoms in total. The summed E-state index contributed by atoms with van der Waals surface area (Å²) < 4.78 is 45.7. The Morgan fingerprint density at radius 3 is 2.54 bits per heavy atom. The van der Waals surface area contributed by atoms with Crippen molar-refractivity contribution >= 4 is 23.5 Å². The van der Waals surface area contributed by atoms with Gasteiger partial charge >= 0.3 is 12.1 Å². The maximum absolute atomic E-state index is 13.4. The summed E-state index contributed by atoms with van der Waals surface area (Å²) in [6.45, 7) is 1.65. The number of carbonyl (C=O) groups excluding carboxylic acids is 1. The summed E-state index contributed by atoms with van der Waals surface area (Å²) in [6, 6.07) is 17.2. The number of aliphatic carboxylic acids is 1. The first-order valence-corrected chi connectivity index (χ1v) is 12.0. The quantitative estimate of drug-likeness (QED) is 0.364. The van der Waals surface area contributed by atoms with Crippen LogP contribution in [0.15, 0.2) is 66.7 Å². The number of fused-ring (bicyclic) bond motifs is 1. The zero-order chi connectivity index (χ0) is 26.8. The van der Waals surface area contributed by atoms with E-state index in [-0.39, 0.29) is 25.1 Å². The minimum Gasteiger partial charge on any atom is -0.487 e. The Kier molecular flexibility index (Phi) is 7.50. The molecule has 1 aliphatic rings. The zero-order valence-corrected chi connectivity index (χ0v) is 20.8. The molecule has 194 valence electrons. The van der Waals surface area contributed by atoms with E-state index in [0.29, 0.717) is 29.2 Å². The van der Waals surface area contributed by atoms with Gasteiger partial charge in [-0.2, -0.15) is 13.2 Å². The third kappa shape index (κ3) is 6.43. The van der Waals surface area contributed by atoms with Gasteiger partial charge < -0.3 is 14.7 Å². The van der Waals surface area contributed by atoms with Crippen LogP contribution in [0.4, 0.5) is 13.2 Å². The van der Waals surface area contributed by atoms with Gasteiger partial charge in [0.05, 0.1) is 12.0 Å². The van der Waals surface area contributed by atoms with Crippen LogP contribution >= 0.6 is 11.6 Å². The topological polar surface area (TPSA) is 66.8 Å². The Balaban J connectivity index is 1.55. The van der Waals surface area contributed by atoms with Crippen LogP contribution in [0.2, 0.25) is 5.02 Å². The van der Waals surface area contributed by atoms with Crippen molar-refractivity contribution in [2.24, 2.45) is 0 Å². The van der Waals surface area contributed by atoms with Gasteiger partial charge in [0, 0.05) is 36.5 Å². The SMILES string of the molecule is C[C@@]1(Cc2ccccc2Cl)Cc2cc(C(=O)N(CCC(=O)O)Cc3cccc(C(F)(F)F)c3)ccc2O1. The Labute approximate surface area is 217 Å². The fourth-order valence-electron chi connectivity index (χ4n) is 4.53. The van der Waals surface area contributed by atoms with E-state index >= 15 is 0 Å². The number of hydrogen-bond acceptors (Lipinski definition) is 3. The molecule has 1 atom stereocenters. The number of amides is 1. The van der Waals surface area contributed by atoms with Gasteiger partial charge in [-0.15, -0.1) is 0 Å². The van der Waals surface area contributed by atoms with Gasteiger partial charge in [0.25, 0.3) is 5.91 Å². The van der Waals surface area contributed by atoms with Crippen molar-refractivity contribution in [1.82, 2.24) is 4.90 Å². The van der Waals surface area contributed by atoms with Crippen LogP contribution in [-0.2, 0) is 30.4 Å². The molecule has 0 unspecified atom stereocenters. The number of benzene rings is 3. The van der Waals surface area contributed by atoms with E-state index in [1.165, 1.54) is 17.0 Å². The van der Waals surface area contributed by atoms with E-state index in [0.717, 1.165) is 23.3 Å². The first-order chi connectivity index (χ1) is 17.4. The van der Waals surface area contributed by atoms with Gasteiger partial charge in [-0.1, -0.05) is 41.9 Å². The van der Waals surface area contributed by atoms with Crippen LogP contribution in [0.25, 0.3) is 0 Å². The summed E-state index contributed by atoms with van der Waals surface area (Å²) in [7, 11) is 0. The average Bonchev–Trinajstić information content (AvgIpc) is 3.17. The van der Waals surface area contributed by atoms with E-state index in [2.05, 4.69) is 0 Å². The van der Waals surface area contributed by atoms with Crippen molar-refractivity contribution in [2.75, 3.05) is 6.54 Å². The lowest BCUT2D eigenvalue weighted by atomic mass is 9.91. The van der Waals surface area contributed by atoms with Crippen LogP contribution < -0.4 is 4.74 Å². The molecule has 1 N–H and O–H groups in total. The second-order valence-electron chi connectivity index (χ2n) is 9.39. The Morgan fingerprint density at radius 1 is 1.08 bits per heavy atom. The van der Waals surface area contributed by atoms with Gasteiger partial charge in [0.15, 0.2) is 0 Å². The fraction of sp³-hybridized carbons (Fsp3) is 0.286. The highest BCUT2D eigenvalue weighted by Crippen LogP contribution is 2.38. The lowest BCUT2D eigenvalue weighted by Gasteiger charge is -2.24. The number of halogens is 4. The van der Waals surface area contributed by atoms with Gasteiger partial charge in [0.2, 0.25) is 0 Å². The molecule has 1 heterocycles. The van der Waals surface area contributed by atoms with Gasteiger partial charge in [-0.05, 0) is 60.0 Å². The van der Waals surface area contributed by atoms with Crippen molar-refractivity contribution in [3.05, 3.63) is 99.6 Å². The second kappa shape index (κ2) is 10.5. The van der Waals surface area contributed by atoms with Crippen molar-refractivity contribution in [2.45, 2.75) is 44.5 Å². The molecule has 0 aliphatic carbocycles. The van der Waals surface area contributed by atoms with Crippen molar-refractivity contribution in [3.63, 3.8) is 0 Å². The number of ether oxygens (including phenoxy) is 1. The summed E-state index contributed by atoms with van der Waals surface area (Å²) in [5.74, 6) is -0.943. The minimum atomic E-state index is -4.53. The molecule has 3 aromatic carbocycles. The molecule has 1 aliphatic heterocycles. The number of alkyl halides is 3. The molecule has 0 aromatic heterocycles. The van der Waals surface area contributed by atoms with Gasteiger partial charge in [0.1, 0.15) is 11.4 Å². The third-order valence-electron chi connectivity index (χ3n) is 6.26. The van der Waals surface area contributed by atoms with E-state index in [1.54, 1.807) is 18.2 Å². The van der Waals surface area contributed by atoms with Crippen molar-refractivity contribution in [1.29, 1.82) is 0 Å². The smallest absolute Gasteiger partial charge is 0.416 e. The number of carbonyl (C=O) groups is 2. The molecule has 4 rings (SSSR count). The number of rotatable bonds is 8. The molecule has 0 saturated heterocycles. The normalized spacial score (nSPS) is 16.7. The van der Waals surface area contributed by atoms with Gasteiger partial charge in [-0.25, -0.2) is 0 Å². The van der Waals surface area contributed by atoms with E-state index in [9.17, 15) is 22.8 Å². The molecular weight excluding hydrogens is 507 g/mol. The molecule has 0 fully saturated rings. The lowest BCUT2D eigenvalue weighted by molar-refractivity contribution is -0.138. The molecule has 1 amide bonds. The number of carboxylic acids is 1. The van der Waals surface area contributed by atoms with Gasteiger partial charge in [-0.3, -0.25) is 9.59 Å². The summed E-state index contributed by atoms with van der Waals surface area (Å²) in [4.78, 5) is 25.8. The lowest BCUT2D eigenvalue weighted by Crippen LogP contribution is -2.33. The van der Waals surface area contributed by atoms with Crippen LogP contribution in [0.3, 0.4) is 0 Å². The predicted octanol–water partition coefficient (Wildman–Crippen LogP) is 6.41. The zero-order valence-electron chi connectivity index (χ0n) is 20.0. The minimum absolute atomic E-state index is 0.151. The van der Waals surface area contributed by atoms with Crippen LogP contribution in [0.1, 0.15) is 46.0 Å². The molecule has 37 heavy (non-hydrogen) atoms. The molecule has 0 radical (unpaired) electrons. The average molecular weight is 532 g/mol. The first-order valence-electron chi connectivity index (χ1n) is 11.7. The largest absolute Gasteiger partial charge is 0.487 e. The van der Waals surface area contributed by atoms with E-state index in [1.807, 2.05) is 31.2 Å². The standard InChI is InChI=1S/C28H25ClF3NO4/c1-27(15-20-6-2-3-8-23(20)29)16-21-14-19(9-10-24(21)37-27)26(36)33(12-11-25(34)35)17-18-5-4-7-22(13-18)28(30,31)32/h2-10,13-14H,11-12,15-17H2,1H3,(H,34,35)/t27-/m1/s1. The highest BCUT2D eigenvalue weighted by atomic mass is 35.5. The highest BCUT2D eigenvalue weighted by molar-refractivity contribution is 6.31. The van der Waals surface area contributed by atoms with E-state index in [4.69, 9.17) is 21.4 Å². The molecule has 0 spiro atoms. The number of nitrogens with zero attached hydrogens (tertiary/aromatic N) is 1. The monoisotopic (exact) mass is 531 g/mol. The Morgan fingerprint density at radius 2 is 1.84 bits per heavy atom. The van der Waals surface area contributed by atoms with Crippen LogP contribution in [-0.4, -0.2) is 34.0 Å². The first kappa shape index (κ1) is 26.5. The summed E-state index contributed by atoms with van der Waals surface area (Å²) in [6.07, 6.45) is -3.78. The molecule has 0 bridgehead atoms. The highest BCUT2D eigenvalue weighted by Gasteiger charge is 2.36. The van der Waals surface area contributed by atoms with Crippen LogP contribution in [0.5, 0.6) is 5.75 Å². The maximum atomic E-state index is 13.4.